The maximum absolute atomic E-state index is 14.6. The molecule has 5 bridgehead atoms. The largest absolute Gasteiger partial charge is 0.460 e. The average molecular weight is 609 g/mol. The van der Waals surface area contributed by atoms with E-state index >= 15 is 0 Å². The van der Waals surface area contributed by atoms with Gasteiger partial charge >= 0.3 is 5.97 Å². The second kappa shape index (κ2) is 11.7. The molecule has 5 aliphatic rings. The summed E-state index contributed by atoms with van der Waals surface area (Å²) in [5.74, 6) is -3.11. The highest BCUT2D eigenvalue weighted by Crippen LogP contribution is 2.59. The summed E-state index contributed by atoms with van der Waals surface area (Å²) < 4.78 is 12.8. The molecule has 5 rings (SSSR count). The Morgan fingerprint density at radius 3 is 2.64 bits per heavy atom. The van der Waals surface area contributed by atoms with Crippen LogP contribution in [0.25, 0.3) is 0 Å². The number of nitrogens with one attached hydrogen (secondary N) is 1. The number of fused-ring (bicyclic) bond motifs is 2. The summed E-state index contributed by atoms with van der Waals surface area (Å²) in [6, 6.07) is -0.928. The summed E-state index contributed by atoms with van der Waals surface area (Å²) >= 11 is 3.55. The van der Waals surface area contributed by atoms with Crippen LogP contribution in [0.1, 0.15) is 58.3 Å². The lowest BCUT2D eigenvalue weighted by molar-refractivity contribution is -0.158. The lowest BCUT2D eigenvalue weighted by Gasteiger charge is -2.40. The fourth-order valence-electron chi connectivity index (χ4n) is 6.90. The Hall–Kier alpha value is -2.24. The lowest BCUT2D eigenvalue weighted by atomic mass is 9.74. The van der Waals surface area contributed by atoms with Gasteiger partial charge in [-0.3, -0.25) is 19.2 Å². The number of likely N-dealkylation sites (tertiary alicyclic amines) is 1. The number of amides is 3. The fraction of sp³-hybridized carbons (Fsp3) is 0.714. The summed E-state index contributed by atoms with van der Waals surface area (Å²) in [5.41, 5.74) is -1.31. The third-order valence-electron chi connectivity index (χ3n) is 8.70. The highest BCUT2D eigenvalue weighted by atomic mass is 79.9. The maximum Gasteiger partial charge on any atom is 0.313 e. The minimum Gasteiger partial charge on any atom is -0.460 e. The van der Waals surface area contributed by atoms with Crippen molar-refractivity contribution in [2.45, 2.75) is 88.2 Å². The molecule has 0 aromatic carbocycles. The Balaban J connectivity index is 1.57. The van der Waals surface area contributed by atoms with Crippen molar-refractivity contribution in [3.8, 4) is 0 Å². The van der Waals surface area contributed by atoms with E-state index in [2.05, 4.69) is 21.2 Å². The van der Waals surface area contributed by atoms with Crippen molar-refractivity contribution in [2.24, 2.45) is 11.8 Å². The number of halogens is 1. The molecule has 39 heavy (non-hydrogen) atoms. The first-order chi connectivity index (χ1) is 18.8. The number of carbonyl (C=O) groups excluding carboxylic acids is 4. The van der Waals surface area contributed by atoms with E-state index in [1.165, 1.54) is 4.90 Å². The van der Waals surface area contributed by atoms with Crippen molar-refractivity contribution in [1.82, 2.24) is 15.1 Å². The molecule has 11 heteroatoms. The summed E-state index contributed by atoms with van der Waals surface area (Å²) in [4.78, 5) is 57.8. The van der Waals surface area contributed by atoms with Gasteiger partial charge in [-0.25, -0.2) is 0 Å². The first kappa shape index (κ1) is 28.3. The molecule has 1 aliphatic carbocycles. The van der Waals surface area contributed by atoms with E-state index in [4.69, 9.17) is 9.47 Å². The molecule has 1 spiro atoms. The van der Waals surface area contributed by atoms with Crippen LogP contribution < -0.4 is 5.32 Å². The summed E-state index contributed by atoms with van der Waals surface area (Å²) in [5, 5.41) is 12.4. The van der Waals surface area contributed by atoms with Gasteiger partial charge in [-0.2, -0.15) is 0 Å². The molecule has 6 atom stereocenters. The van der Waals surface area contributed by atoms with Gasteiger partial charge in [0.15, 0.2) is 0 Å². The minimum absolute atomic E-state index is 0.0270. The molecule has 2 saturated heterocycles. The van der Waals surface area contributed by atoms with Crippen LogP contribution in [-0.4, -0.2) is 94.7 Å². The second-order valence-electron chi connectivity index (χ2n) is 11.3. The van der Waals surface area contributed by atoms with Crippen LogP contribution in [0.15, 0.2) is 22.7 Å². The monoisotopic (exact) mass is 607 g/mol. The zero-order chi connectivity index (χ0) is 27.7. The number of cyclic esters (lactones) is 1. The van der Waals surface area contributed by atoms with Gasteiger partial charge in [-0.05, 0) is 38.7 Å². The van der Waals surface area contributed by atoms with Gasteiger partial charge in [-0.1, -0.05) is 47.3 Å². The predicted octanol–water partition coefficient (Wildman–Crippen LogP) is 1.80. The summed E-state index contributed by atoms with van der Waals surface area (Å²) in [7, 11) is 0. The van der Waals surface area contributed by atoms with E-state index in [1.807, 2.05) is 17.1 Å². The minimum atomic E-state index is -1.31. The third-order valence-corrected chi connectivity index (χ3v) is 9.38. The number of carbonyl (C=O) groups is 4. The predicted molar refractivity (Wildman–Crippen MR) is 144 cm³/mol. The molecule has 214 valence electrons. The Kier molecular flexibility index (Phi) is 8.49. The van der Waals surface area contributed by atoms with Crippen molar-refractivity contribution < 1.29 is 33.8 Å². The molecule has 0 radical (unpaired) electrons. The molecule has 2 N–H and O–H groups in total. The summed E-state index contributed by atoms with van der Waals surface area (Å²) in [6.07, 6.45) is 10.4. The number of hydrogen-bond donors (Lipinski definition) is 2. The Bertz CT molecular complexity index is 1060. The quantitative estimate of drug-likeness (QED) is 0.369. The standard InChI is InChI=1S/C28H38BrN3O7/c1-17-16-30-20(34)11-6-3-7-12-31(18-9-4-2-5-10-18)26(36)24-28-15-19(29)23(39-28)21(27(37)38-17)22(28)25(35)32(24)13-8-14-33/h3,7,15,17-18,21-24,33H,2,4-6,8-14,16H2,1H3,(H,30,34)/b7-3-/t17-,21+,22-,23+,24+,28-/m0/s1. The fourth-order valence-corrected chi connectivity index (χ4v) is 7.64. The van der Waals surface area contributed by atoms with Crippen molar-refractivity contribution in [3.63, 3.8) is 0 Å². The smallest absolute Gasteiger partial charge is 0.313 e. The Labute approximate surface area is 237 Å². The van der Waals surface area contributed by atoms with Crippen LogP contribution in [0.4, 0.5) is 0 Å². The van der Waals surface area contributed by atoms with E-state index in [9.17, 15) is 24.3 Å². The van der Waals surface area contributed by atoms with Crippen LogP contribution in [0.2, 0.25) is 0 Å². The van der Waals surface area contributed by atoms with Crippen molar-refractivity contribution >= 4 is 39.6 Å². The molecule has 0 aromatic heterocycles. The first-order valence-corrected chi connectivity index (χ1v) is 15.0. The van der Waals surface area contributed by atoms with Crippen LogP contribution in [0.3, 0.4) is 0 Å². The van der Waals surface area contributed by atoms with Gasteiger partial charge in [-0.15, -0.1) is 0 Å². The van der Waals surface area contributed by atoms with Gasteiger partial charge in [0.25, 0.3) is 0 Å². The van der Waals surface area contributed by atoms with Crippen LogP contribution in [-0.2, 0) is 28.7 Å². The van der Waals surface area contributed by atoms with Gasteiger partial charge in [0, 0.05) is 36.6 Å². The van der Waals surface area contributed by atoms with Gasteiger partial charge in [0.1, 0.15) is 29.8 Å². The number of allylic oxidation sites excluding steroid dienone is 1. The highest BCUT2D eigenvalue weighted by molar-refractivity contribution is 9.11. The van der Waals surface area contributed by atoms with Crippen LogP contribution >= 0.6 is 15.9 Å². The van der Waals surface area contributed by atoms with Crippen LogP contribution in [0.5, 0.6) is 0 Å². The zero-order valence-electron chi connectivity index (χ0n) is 22.4. The molecule has 3 amide bonds. The van der Waals surface area contributed by atoms with Crippen molar-refractivity contribution in [2.75, 3.05) is 26.2 Å². The van der Waals surface area contributed by atoms with E-state index in [0.29, 0.717) is 30.3 Å². The Morgan fingerprint density at radius 2 is 1.90 bits per heavy atom. The Morgan fingerprint density at radius 1 is 1.13 bits per heavy atom. The first-order valence-electron chi connectivity index (χ1n) is 14.2. The third kappa shape index (κ3) is 5.17. The number of hydrogen-bond acceptors (Lipinski definition) is 7. The zero-order valence-corrected chi connectivity index (χ0v) is 23.9. The second-order valence-corrected chi connectivity index (χ2v) is 12.2. The van der Waals surface area contributed by atoms with Gasteiger partial charge in [0.05, 0.1) is 12.5 Å². The number of aliphatic hydroxyl groups excluding tert-OH is 1. The molecule has 4 aliphatic heterocycles. The summed E-state index contributed by atoms with van der Waals surface area (Å²) in [6.45, 7) is 2.27. The molecule has 3 fully saturated rings. The SMILES string of the molecule is C[C@H]1CNC(=O)CC/C=C\CN(C2CCCCC2)C(=O)[C@H]2N(CCCO)C(=O)[C@@H]3[C@@H](C(=O)O1)[C@@H]1O[C@@]32C=C1Br. The van der Waals surface area contributed by atoms with Crippen molar-refractivity contribution in [3.05, 3.63) is 22.7 Å². The van der Waals surface area contributed by atoms with Crippen LogP contribution in [0, 0.1) is 11.8 Å². The number of esters is 1. The van der Waals surface area contributed by atoms with Gasteiger partial charge in [0.2, 0.25) is 17.7 Å². The topological polar surface area (TPSA) is 125 Å². The van der Waals surface area contributed by atoms with E-state index in [1.54, 1.807) is 13.0 Å². The number of ether oxygens (including phenoxy) is 2. The molecular weight excluding hydrogens is 570 g/mol. The molecule has 10 nitrogen and oxygen atoms in total. The lowest BCUT2D eigenvalue weighted by Crippen LogP contribution is -2.58. The van der Waals surface area contributed by atoms with E-state index < -0.39 is 41.7 Å². The average Bonchev–Trinajstić information content (AvgIpc) is 3.51. The van der Waals surface area contributed by atoms with Crippen molar-refractivity contribution in [1.29, 1.82) is 0 Å². The molecule has 1 saturated carbocycles. The van der Waals surface area contributed by atoms with E-state index in [0.717, 1.165) is 32.1 Å². The molecular formula is C28H38BrN3O7. The number of rotatable bonds is 4. The molecule has 0 aromatic rings. The molecule has 0 unspecified atom stereocenters. The maximum atomic E-state index is 14.6. The highest BCUT2D eigenvalue weighted by Gasteiger charge is 2.75. The molecule has 4 heterocycles. The number of nitrogens with zero attached hydrogens (tertiary/aromatic N) is 2. The number of aliphatic hydroxyl groups is 1. The van der Waals surface area contributed by atoms with Gasteiger partial charge < -0.3 is 29.7 Å². The van der Waals surface area contributed by atoms with E-state index in [-0.39, 0.29) is 43.5 Å². The normalized spacial score (nSPS) is 37.0.